The van der Waals surface area contributed by atoms with Gasteiger partial charge in [-0.1, -0.05) is 19.8 Å². The van der Waals surface area contributed by atoms with E-state index in [0.29, 0.717) is 5.92 Å². The Morgan fingerprint density at radius 1 is 1.38 bits per heavy atom. The van der Waals surface area contributed by atoms with E-state index in [9.17, 15) is 4.79 Å². The molecule has 0 amide bonds. The van der Waals surface area contributed by atoms with Crippen LogP contribution in [0.25, 0.3) is 0 Å². The molecule has 0 radical (unpaired) electrons. The third-order valence-electron chi connectivity index (χ3n) is 3.22. The van der Waals surface area contributed by atoms with Gasteiger partial charge < -0.3 is 5.11 Å². The molecule has 1 saturated carbocycles. The molecule has 2 atom stereocenters. The normalized spacial score (nSPS) is 25.3. The lowest BCUT2D eigenvalue weighted by atomic mass is 9.82. The molecule has 1 heterocycles. The molecule has 1 fully saturated rings. The van der Waals surface area contributed by atoms with E-state index >= 15 is 0 Å². The number of carbonyl (C=O) groups is 1. The Morgan fingerprint density at radius 3 is 2.62 bits per heavy atom. The number of aromatic nitrogens is 2. The van der Waals surface area contributed by atoms with Crippen LogP contribution < -0.4 is 0 Å². The highest BCUT2D eigenvalue weighted by Gasteiger charge is 2.22. The van der Waals surface area contributed by atoms with Crippen molar-refractivity contribution >= 4 is 5.97 Å². The molecule has 1 aliphatic carbocycles. The number of rotatable bonds is 2. The molecule has 0 bridgehead atoms. The number of carboxylic acid groups (broad SMARTS) is 1. The first-order valence-corrected chi connectivity index (χ1v) is 5.72. The van der Waals surface area contributed by atoms with Crippen LogP contribution in [0.1, 0.15) is 54.7 Å². The van der Waals surface area contributed by atoms with Gasteiger partial charge in [0.25, 0.3) is 0 Å². The van der Waals surface area contributed by atoms with Crippen molar-refractivity contribution in [3.63, 3.8) is 0 Å². The van der Waals surface area contributed by atoms with Crippen molar-refractivity contribution < 1.29 is 9.90 Å². The Kier molecular flexibility index (Phi) is 3.17. The zero-order valence-electron chi connectivity index (χ0n) is 9.39. The van der Waals surface area contributed by atoms with E-state index in [4.69, 9.17) is 5.11 Å². The van der Waals surface area contributed by atoms with Crippen molar-refractivity contribution in [2.75, 3.05) is 0 Å². The van der Waals surface area contributed by atoms with Gasteiger partial charge in [0.15, 0.2) is 0 Å². The van der Waals surface area contributed by atoms with Crippen LogP contribution in [0.3, 0.4) is 0 Å². The molecule has 0 aromatic carbocycles. The first kappa shape index (κ1) is 11.0. The molecule has 1 aliphatic rings. The summed E-state index contributed by atoms with van der Waals surface area (Å²) in [4.78, 5) is 19.0. The zero-order valence-corrected chi connectivity index (χ0v) is 9.39. The molecule has 1 aromatic rings. The maximum absolute atomic E-state index is 10.7. The lowest BCUT2D eigenvalue weighted by Gasteiger charge is -2.25. The summed E-state index contributed by atoms with van der Waals surface area (Å²) < 4.78 is 0. The first-order chi connectivity index (χ1) is 7.66. The molecule has 86 valence electrons. The summed E-state index contributed by atoms with van der Waals surface area (Å²) >= 11 is 0. The Bertz CT molecular complexity index is 375. The molecule has 4 heteroatoms. The molecule has 0 aliphatic heterocycles. The molecule has 1 N–H and O–H groups in total. The minimum absolute atomic E-state index is 0.160. The minimum atomic E-state index is -0.969. The van der Waals surface area contributed by atoms with Crippen molar-refractivity contribution in [3.05, 3.63) is 23.8 Å². The average molecular weight is 220 g/mol. The van der Waals surface area contributed by atoms with Crippen LogP contribution in [-0.4, -0.2) is 21.0 Å². The van der Waals surface area contributed by atoms with Crippen molar-refractivity contribution in [1.82, 2.24) is 9.97 Å². The van der Waals surface area contributed by atoms with E-state index in [1.807, 2.05) is 0 Å². The van der Waals surface area contributed by atoms with Crippen LogP contribution >= 0.6 is 0 Å². The Balaban J connectivity index is 2.11. The molecule has 0 saturated heterocycles. The van der Waals surface area contributed by atoms with Gasteiger partial charge >= 0.3 is 5.97 Å². The Morgan fingerprint density at radius 2 is 2.06 bits per heavy atom. The molecule has 2 unspecified atom stereocenters. The summed E-state index contributed by atoms with van der Waals surface area (Å²) in [7, 11) is 0. The summed E-state index contributed by atoms with van der Waals surface area (Å²) in [5.74, 6) is 0.966. The second-order valence-corrected chi connectivity index (χ2v) is 4.60. The highest BCUT2D eigenvalue weighted by Crippen LogP contribution is 2.33. The van der Waals surface area contributed by atoms with Crippen LogP contribution in [0.5, 0.6) is 0 Å². The maximum Gasteiger partial charge on any atom is 0.338 e. The molecule has 16 heavy (non-hydrogen) atoms. The van der Waals surface area contributed by atoms with E-state index in [0.717, 1.165) is 24.6 Å². The highest BCUT2D eigenvalue weighted by molar-refractivity contribution is 5.86. The first-order valence-electron chi connectivity index (χ1n) is 5.72. The van der Waals surface area contributed by atoms with Crippen LogP contribution in [0.4, 0.5) is 0 Å². The summed E-state index contributed by atoms with van der Waals surface area (Å²) in [6, 6.07) is 0. The van der Waals surface area contributed by atoms with Gasteiger partial charge in [-0.2, -0.15) is 0 Å². The monoisotopic (exact) mass is 220 g/mol. The summed E-state index contributed by atoms with van der Waals surface area (Å²) in [5.41, 5.74) is 0.160. The second kappa shape index (κ2) is 4.60. The van der Waals surface area contributed by atoms with Crippen LogP contribution in [0.15, 0.2) is 12.4 Å². The maximum atomic E-state index is 10.7. The topological polar surface area (TPSA) is 63.1 Å². The minimum Gasteiger partial charge on any atom is -0.478 e. The van der Waals surface area contributed by atoms with Crippen LogP contribution in [0, 0.1) is 5.92 Å². The van der Waals surface area contributed by atoms with Gasteiger partial charge in [0.1, 0.15) is 5.82 Å². The van der Waals surface area contributed by atoms with Crippen molar-refractivity contribution in [2.45, 2.75) is 38.5 Å². The van der Waals surface area contributed by atoms with Gasteiger partial charge in [-0.15, -0.1) is 0 Å². The van der Waals surface area contributed by atoms with Gasteiger partial charge in [-0.05, 0) is 18.8 Å². The predicted octanol–water partition coefficient (Wildman–Crippen LogP) is 2.47. The van der Waals surface area contributed by atoms with Gasteiger partial charge in [0.05, 0.1) is 5.56 Å². The summed E-state index contributed by atoms with van der Waals surface area (Å²) in [6.07, 6.45) is 7.55. The number of carboxylic acids is 1. The van der Waals surface area contributed by atoms with E-state index in [-0.39, 0.29) is 5.56 Å². The standard InChI is InChI=1S/C12H16N2O2/c1-8-3-2-4-9(5-8)11-13-6-10(7-14-11)12(15)16/h6-9H,2-5H2,1H3,(H,15,16). The lowest BCUT2D eigenvalue weighted by molar-refractivity contribution is 0.0696. The fourth-order valence-corrected chi connectivity index (χ4v) is 2.33. The lowest BCUT2D eigenvalue weighted by Crippen LogP contribution is -2.14. The summed E-state index contributed by atoms with van der Waals surface area (Å²) in [6.45, 7) is 2.25. The second-order valence-electron chi connectivity index (χ2n) is 4.60. The largest absolute Gasteiger partial charge is 0.478 e. The highest BCUT2D eigenvalue weighted by atomic mass is 16.4. The molecule has 0 spiro atoms. The van der Waals surface area contributed by atoms with E-state index in [1.54, 1.807) is 0 Å². The fourth-order valence-electron chi connectivity index (χ4n) is 2.33. The van der Waals surface area contributed by atoms with Gasteiger partial charge in [-0.25, -0.2) is 14.8 Å². The SMILES string of the molecule is CC1CCCC(c2ncc(C(=O)O)cn2)C1. The zero-order chi connectivity index (χ0) is 11.5. The molecule has 1 aromatic heterocycles. The quantitative estimate of drug-likeness (QED) is 0.831. The van der Waals surface area contributed by atoms with Crippen molar-refractivity contribution in [3.8, 4) is 0 Å². The number of nitrogens with zero attached hydrogens (tertiary/aromatic N) is 2. The molecule has 4 nitrogen and oxygen atoms in total. The number of hydrogen-bond donors (Lipinski definition) is 1. The van der Waals surface area contributed by atoms with Gasteiger partial charge in [-0.3, -0.25) is 0 Å². The van der Waals surface area contributed by atoms with E-state index in [1.165, 1.54) is 25.2 Å². The van der Waals surface area contributed by atoms with Crippen LogP contribution in [-0.2, 0) is 0 Å². The fraction of sp³-hybridized carbons (Fsp3) is 0.583. The van der Waals surface area contributed by atoms with Crippen LogP contribution in [0.2, 0.25) is 0 Å². The van der Waals surface area contributed by atoms with E-state index < -0.39 is 5.97 Å². The Hall–Kier alpha value is -1.45. The number of hydrogen-bond acceptors (Lipinski definition) is 3. The summed E-state index contributed by atoms with van der Waals surface area (Å²) in [5, 5.41) is 8.75. The smallest absolute Gasteiger partial charge is 0.338 e. The predicted molar refractivity (Wildman–Crippen MR) is 59.4 cm³/mol. The number of aromatic carboxylic acids is 1. The third kappa shape index (κ3) is 2.38. The third-order valence-corrected chi connectivity index (χ3v) is 3.22. The average Bonchev–Trinajstić information content (AvgIpc) is 2.29. The van der Waals surface area contributed by atoms with E-state index in [2.05, 4.69) is 16.9 Å². The van der Waals surface area contributed by atoms with Gasteiger partial charge in [0, 0.05) is 18.3 Å². The Labute approximate surface area is 94.7 Å². The van der Waals surface area contributed by atoms with Gasteiger partial charge in [0.2, 0.25) is 0 Å². The van der Waals surface area contributed by atoms with Crippen molar-refractivity contribution in [1.29, 1.82) is 0 Å². The molecular formula is C12H16N2O2. The molecule has 2 rings (SSSR count). The van der Waals surface area contributed by atoms with Crippen molar-refractivity contribution in [2.24, 2.45) is 5.92 Å². The molecular weight excluding hydrogens is 204 g/mol.